The van der Waals surface area contributed by atoms with E-state index in [9.17, 15) is 9.59 Å². The van der Waals surface area contributed by atoms with Crippen LogP contribution in [0, 0.1) is 0 Å². The molecule has 0 heterocycles. The van der Waals surface area contributed by atoms with Gasteiger partial charge in [-0.15, -0.1) is 0 Å². The number of carbonyl (C=O) groups excluding carboxylic acids is 2. The van der Waals surface area contributed by atoms with Gasteiger partial charge in [0.2, 0.25) is 0 Å². The molecule has 3 aromatic carbocycles. The van der Waals surface area contributed by atoms with E-state index < -0.39 is 0 Å². The van der Waals surface area contributed by atoms with Crippen LogP contribution in [0.25, 0.3) is 0 Å². The summed E-state index contributed by atoms with van der Waals surface area (Å²) < 4.78 is 10.0. The van der Waals surface area contributed by atoms with Gasteiger partial charge in [0, 0.05) is 26.3 Å². The Morgan fingerprint density at radius 3 is 1.43 bits per heavy atom. The van der Waals surface area contributed by atoms with E-state index >= 15 is 0 Å². The van der Waals surface area contributed by atoms with Gasteiger partial charge >= 0.3 is 11.9 Å². The Labute approximate surface area is 174 Å². The summed E-state index contributed by atoms with van der Waals surface area (Å²) in [7, 11) is 0. The first-order valence-corrected chi connectivity index (χ1v) is 9.23. The number of ether oxygens (including phenoxy) is 2. The minimum atomic E-state index is -0.353. The lowest BCUT2D eigenvalue weighted by molar-refractivity contribution is -0.132. The average Bonchev–Trinajstić information content (AvgIpc) is 2.72. The summed E-state index contributed by atoms with van der Waals surface area (Å²) in [6.07, 6.45) is 3.46. The van der Waals surface area contributed by atoms with Crippen LogP contribution in [0.4, 0.5) is 11.4 Å². The molecule has 0 aliphatic rings. The Balaban J connectivity index is 1.65. The smallest absolute Gasteiger partial charge is 0.308 e. The molecule has 0 unspecified atom stereocenters. The van der Waals surface area contributed by atoms with Crippen molar-refractivity contribution >= 4 is 35.7 Å². The first-order valence-electron chi connectivity index (χ1n) is 9.23. The Hall–Kier alpha value is -4.06. The van der Waals surface area contributed by atoms with E-state index in [1.54, 1.807) is 36.7 Å². The number of benzene rings is 3. The molecule has 6 nitrogen and oxygen atoms in total. The fraction of sp³-hybridized carbons (Fsp3) is 0.0833. The highest BCUT2D eigenvalue weighted by molar-refractivity contribution is 5.84. The highest BCUT2D eigenvalue weighted by atomic mass is 16.5. The quantitative estimate of drug-likeness (QED) is 0.330. The molecule has 0 N–H and O–H groups in total. The van der Waals surface area contributed by atoms with Crippen molar-refractivity contribution < 1.29 is 19.1 Å². The summed E-state index contributed by atoms with van der Waals surface area (Å²) in [6.45, 7) is 2.73. The number of hydrogen-bond donors (Lipinski definition) is 0. The van der Waals surface area contributed by atoms with Crippen molar-refractivity contribution in [1.82, 2.24) is 0 Å². The molecule has 0 radical (unpaired) electrons. The van der Waals surface area contributed by atoms with E-state index in [1.807, 2.05) is 48.5 Å². The summed E-state index contributed by atoms with van der Waals surface area (Å²) >= 11 is 0. The molecular weight excluding hydrogens is 380 g/mol. The van der Waals surface area contributed by atoms with Gasteiger partial charge in [0.15, 0.2) is 0 Å². The molecule has 0 aliphatic heterocycles. The van der Waals surface area contributed by atoms with Gasteiger partial charge < -0.3 is 9.47 Å². The van der Waals surface area contributed by atoms with Crippen molar-refractivity contribution in [3.63, 3.8) is 0 Å². The first kappa shape index (κ1) is 20.7. The van der Waals surface area contributed by atoms with E-state index in [0.29, 0.717) is 11.5 Å². The van der Waals surface area contributed by atoms with Crippen LogP contribution in [0.1, 0.15) is 25.0 Å². The Morgan fingerprint density at radius 1 is 0.667 bits per heavy atom. The standard InChI is InChI=1S/C24H20N2O4/c1-17(27)29-23-10-6-19(7-11-23)15-25-21-4-3-5-22(14-21)26-16-20-8-12-24(13-9-20)30-18(2)28/h3-16H,1-2H3. The zero-order valence-corrected chi connectivity index (χ0v) is 16.6. The maximum absolute atomic E-state index is 11.0. The van der Waals surface area contributed by atoms with Crippen LogP contribution >= 0.6 is 0 Å². The fourth-order valence-electron chi connectivity index (χ4n) is 2.53. The van der Waals surface area contributed by atoms with Crippen molar-refractivity contribution in [2.45, 2.75) is 13.8 Å². The number of carbonyl (C=O) groups is 2. The predicted molar refractivity (Wildman–Crippen MR) is 116 cm³/mol. The molecule has 0 amide bonds. The molecule has 30 heavy (non-hydrogen) atoms. The molecule has 0 aromatic heterocycles. The summed E-state index contributed by atoms with van der Waals surface area (Å²) in [5, 5.41) is 0. The number of rotatable bonds is 6. The largest absolute Gasteiger partial charge is 0.427 e. The fourth-order valence-corrected chi connectivity index (χ4v) is 2.53. The Kier molecular flexibility index (Phi) is 6.84. The maximum atomic E-state index is 11.0. The lowest BCUT2D eigenvalue weighted by Gasteiger charge is -2.01. The molecule has 3 aromatic rings. The summed E-state index contributed by atoms with van der Waals surface area (Å²) in [6, 6.07) is 21.7. The lowest BCUT2D eigenvalue weighted by Crippen LogP contribution is -2.00. The maximum Gasteiger partial charge on any atom is 0.308 e. The molecule has 6 heteroatoms. The molecule has 3 rings (SSSR count). The van der Waals surface area contributed by atoms with Gasteiger partial charge in [0.1, 0.15) is 11.5 Å². The minimum absolute atomic E-state index is 0.353. The third-order valence-electron chi connectivity index (χ3n) is 3.84. The second-order valence-corrected chi connectivity index (χ2v) is 6.36. The molecule has 0 bridgehead atoms. The monoisotopic (exact) mass is 400 g/mol. The van der Waals surface area contributed by atoms with Crippen LogP contribution < -0.4 is 9.47 Å². The average molecular weight is 400 g/mol. The highest BCUT2D eigenvalue weighted by Gasteiger charge is 1.99. The molecule has 0 aliphatic carbocycles. The van der Waals surface area contributed by atoms with E-state index in [0.717, 1.165) is 22.5 Å². The zero-order valence-electron chi connectivity index (χ0n) is 16.6. The van der Waals surface area contributed by atoms with Crippen LogP contribution in [0.15, 0.2) is 82.8 Å². The lowest BCUT2D eigenvalue weighted by atomic mass is 10.2. The Morgan fingerprint density at radius 2 is 1.07 bits per heavy atom. The van der Waals surface area contributed by atoms with Gasteiger partial charge in [0.05, 0.1) is 11.4 Å². The number of hydrogen-bond acceptors (Lipinski definition) is 6. The van der Waals surface area contributed by atoms with Crippen molar-refractivity contribution in [2.24, 2.45) is 9.98 Å². The zero-order chi connectivity index (χ0) is 21.3. The van der Waals surface area contributed by atoms with Gasteiger partial charge in [0.25, 0.3) is 0 Å². The minimum Gasteiger partial charge on any atom is -0.427 e. The van der Waals surface area contributed by atoms with E-state index in [-0.39, 0.29) is 11.9 Å². The molecule has 0 spiro atoms. The van der Waals surface area contributed by atoms with Gasteiger partial charge in [-0.25, -0.2) is 0 Å². The molecule has 0 saturated heterocycles. The first-order chi connectivity index (χ1) is 14.5. The summed E-state index contributed by atoms with van der Waals surface area (Å²) in [5.74, 6) is 0.289. The van der Waals surface area contributed by atoms with Gasteiger partial charge in [-0.3, -0.25) is 19.6 Å². The summed E-state index contributed by atoms with van der Waals surface area (Å²) in [4.78, 5) is 30.9. The third-order valence-corrected chi connectivity index (χ3v) is 3.84. The van der Waals surface area contributed by atoms with Gasteiger partial charge in [-0.2, -0.15) is 0 Å². The van der Waals surface area contributed by atoms with Crippen LogP contribution in [0.3, 0.4) is 0 Å². The molecule has 0 atom stereocenters. The van der Waals surface area contributed by atoms with E-state index in [1.165, 1.54) is 13.8 Å². The van der Waals surface area contributed by atoms with Crippen LogP contribution in [-0.2, 0) is 9.59 Å². The number of aliphatic imine (C=N–C) groups is 2. The predicted octanol–water partition coefficient (Wildman–Crippen LogP) is 5.04. The molecular formula is C24H20N2O4. The van der Waals surface area contributed by atoms with Crippen LogP contribution in [0.5, 0.6) is 11.5 Å². The van der Waals surface area contributed by atoms with Gasteiger partial charge in [-0.05, 0) is 77.9 Å². The summed E-state index contributed by atoms with van der Waals surface area (Å²) in [5.41, 5.74) is 3.29. The van der Waals surface area contributed by atoms with Crippen molar-refractivity contribution in [3.05, 3.63) is 83.9 Å². The van der Waals surface area contributed by atoms with Crippen molar-refractivity contribution in [2.75, 3.05) is 0 Å². The molecule has 150 valence electrons. The molecule has 0 saturated carbocycles. The van der Waals surface area contributed by atoms with Crippen LogP contribution in [-0.4, -0.2) is 24.4 Å². The topological polar surface area (TPSA) is 77.3 Å². The third kappa shape index (κ3) is 6.53. The molecule has 0 fully saturated rings. The van der Waals surface area contributed by atoms with Crippen molar-refractivity contribution in [3.8, 4) is 11.5 Å². The van der Waals surface area contributed by atoms with Crippen LogP contribution in [0.2, 0.25) is 0 Å². The SMILES string of the molecule is CC(=O)Oc1ccc(C=Nc2cccc(N=Cc3ccc(OC(C)=O)cc3)c2)cc1. The van der Waals surface area contributed by atoms with Crippen molar-refractivity contribution in [1.29, 1.82) is 0 Å². The second kappa shape index (κ2) is 9.93. The van der Waals surface area contributed by atoms with E-state index in [4.69, 9.17) is 9.47 Å². The van der Waals surface area contributed by atoms with Gasteiger partial charge in [-0.1, -0.05) is 6.07 Å². The highest BCUT2D eigenvalue weighted by Crippen LogP contribution is 2.21. The number of nitrogens with zero attached hydrogens (tertiary/aromatic N) is 2. The normalized spacial score (nSPS) is 11.0. The van der Waals surface area contributed by atoms with E-state index in [2.05, 4.69) is 9.98 Å². The second-order valence-electron chi connectivity index (χ2n) is 6.36. The number of esters is 2. The Bertz CT molecular complexity index is 1000.